The highest BCUT2D eigenvalue weighted by molar-refractivity contribution is 7.99. The number of aryl methyl sites for hydroxylation is 2. The minimum atomic E-state index is -0.0571. The molecule has 212 valence electrons. The second kappa shape index (κ2) is 12.9. The number of thioether (sulfide) groups is 1. The Morgan fingerprint density at radius 2 is 1.71 bits per heavy atom. The molecule has 1 unspecified atom stereocenters. The zero-order chi connectivity index (χ0) is 28.9. The van der Waals surface area contributed by atoms with Crippen molar-refractivity contribution in [3.8, 4) is 17.1 Å². The molecule has 7 nitrogen and oxygen atoms in total. The van der Waals surface area contributed by atoms with Gasteiger partial charge in [0.1, 0.15) is 0 Å². The highest BCUT2D eigenvalue weighted by atomic mass is 35.5. The summed E-state index contributed by atoms with van der Waals surface area (Å²) in [5, 5.41) is 10.5. The summed E-state index contributed by atoms with van der Waals surface area (Å²) in [4.78, 5) is 29.7. The van der Waals surface area contributed by atoms with Crippen LogP contribution < -0.4 is 0 Å². The van der Waals surface area contributed by atoms with E-state index in [9.17, 15) is 9.59 Å². The van der Waals surface area contributed by atoms with Crippen LogP contribution in [0.2, 0.25) is 5.02 Å². The summed E-state index contributed by atoms with van der Waals surface area (Å²) < 4.78 is 2.10. The van der Waals surface area contributed by atoms with Crippen LogP contribution >= 0.6 is 23.4 Å². The van der Waals surface area contributed by atoms with Crippen LogP contribution in [-0.4, -0.2) is 67.8 Å². The average molecular weight is 588 g/mol. The lowest BCUT2D eigenvalue weighted by Gasteiger charge is -2.40. The Hall–Kier alpha value is -3.62. The van der Waals surface area contributed by atoms with E-state index in [1.165, 1.54) is 5.56 Å². The lowest BCUT2D eigenvalue weighted by Crippen LogP contribution is -2.55. The van der Waals surface area contributed by atoms with Gasteiger partial charge in [0, 0.05) is 59.7 Å². The van der Waals surface area contributed by atoms with E-state index in [4.69, 9.17) is 11.6 Å². The number of halogens is 1. The topological polar surface area (TPSA) is 71.3 Å². The second-order valence-corrected chi connectivity index (χ2v) is 12.0. The molecule has 1 aromatic heterocycles. The molecule has 4 aromatic rings. The predicted octanol–water partition coefficient (Wildman–Crippen LogP) is 6.45. The standard InChI is InChI=1S/C32H34ClN5O2S/c1-22-9-11-25(12-10-22)30-34-35-32(38(30)28-7-4-6-23(2)20-28)41-19-5-8-29(39)36-17-18-37(24(3)21-36)31(40)26-13-15-27(33)16-14-26/h4,6-7,9-16,20,24H,5,8,17-19,21H2,1-3H3. The van der Waals surface area contributed by atoms with E-state index in [2.05, 4.69) is 71.1 Å². The maximum Gasteiger partial charge on any atom is 0.254 e. The van der Waals surface area contributed by atoms with Gasteiger partial charge >= 0.3 is 0 Å². The second-order valence-electron chi connectivity index (χ2n) is 10.5. The van der Waals surface area contributed by atoms with Gasteiger partial charge in [-0.2, -0.15) is 0 Å². The number of nitrogens with zero attached hydrogens (tertiary/aromatic N) is 5. The Labute approximate surface area is 250 Å². The number of carbonyl (C=O) groups is 2. The van der Waals surface area contributed by atoms with E-state index in [0.29, 0.717) is 36.6 Å². The first kappa shape index (κ1) is 28.9. The van der Waals surface area contributed by atoms with Crippen molar-refractivity contribution in [1.29, 1.82) is 0 Å². The number of aromatic nitrogens is 3. The number of amides is 2. The Morgan fingerprint density at radius 1 is 0.951 bits per heavy atom. The number of hydrogen-bond acceptors (Lipinski definition) is 5. The molecule has 1 fully saturated rings. The predicted molar refractivity (Wildman–Crippen MR) is 165 cm³/mol. The van der Waals surface area contributed by atoms with Gasteiger partial charge in [-0.15, -0.1) is 10.2 Å². The normalized spacial score (nSPS) is 15.3. The van der Waals surface area contributed by atoms with Crippen molar-refractivity contribution in [2.24, 2.45) is 0 Å². The monoisotopic (exact) mass is 587 g/mol. The van der Waals surface area contributed by atoms with Crippen LogP contribution in [0.25, 0.3) is 17.1 Å². The first-order valence-electron chi connectivity index (χ1n) is 13.9. The third-order valence-electron chi connectivity index (χ3n) is 7.30. The molecule has 1 saturated heterocycles. The number of rotatable bonds is 8. The molecule has 41 heavy (non-hydrogen) atoms. The molecule has 0 N–H and O–H groups in total. The average Bonchev–Trinajstić information content (AvgIpc) is 3.39. The summed E-state index contributed by atoms with van der Waals surface area (Å²) >= 11 is 7.58. The molecular formula is C32H34ClN5O2S. The summed E-state index contributed by atoms with van der Waals surface area (Å²) in [7, 11) is 0. The summed E-state index contributed by atoms with van der Waals surface area (Å²) in [6.45, 7) is 7.73. The van der Waals surface area contributed by atoms with Gasteiger partial charge in [-0.25, -0.2) is 0 Å². The smallest absolute Gasteiger partial charge is 0.254 e. The molecule has 3 aromatic carbocycles. The van der Waals surface area contributed by atoms with Crippen molar-refractivity contribution >= 4 is 35.2 Å². The first-order valence-corrected chi connectivity index (χ1v) is 15.2. The minimum Gasteiger partial charge on any atom is -0.339 e. The molecule has 0 spiro atoms. The van der Waals surface area contributed by atoms with Crippen LogP contribution in [0.1, 0.15) is 41.3 Å². The molecule has 2 amide bonds. The van der Waals surface area contributed by atoms with Crippen LogP contribution in [0.3, 0.4) is 0 Å². The third-order valence-corrected chi connectivity index (χ3v) is 8.57. The van der Waals surface area contributed by atoms with Gasteiger partial charge in [0.25, 0.3) is 5.91 Å². The molecule has 1 aliphatic heterocycles. The Bertz CT molecular complexity index is 1520. The van der Waals surface area contributed by atoms with E-state index in [1.807, 2.05) is 22.8 Å². The summed E-state index contributed by atoms with van der Waals surface area (Å²) in [6, 6.07) is 23.5. The molecule has 2 heterocycles. The molecule has 0 radical (unpaired) electrons. The molecule has 1 atom stereocenters. The lowest BCUT2D eigenvalue weighted by atomic mass is 10.1. The number of carbonyl (C=O) groups excluding carboxylic acids is 2. The van der Waals surface area contributed by atoms with E-state index < -0.39 is 0 Å². The summed E-state index contributed by atoms with van der Waals surface area (Å²) in [5.74, 6) is 1.64. The fourth-order valence-electron chi connectivity index (χ4n) is 5.04. The van der Waals surface area contributed by atoms with Crippen LogP contribution in [0.4, 0.5) is 0 Å². The van der Waals surface area contributed by atoms with E-state index >= 15 is 0 Å². The van der Waals surface area contributed by atoms with Crippen LogP contribution in [0, 0.1) is 13.8 Å². The Kier molecular flexibility index (Phi) is 9.10. The quantitative estimate of drug-likeness (QED) is 0.175. The van der Waals surface area contributed by atoms with Gasteiger partial charge in [0.05, 0.1) is 0 Å². The van der Waals surface area contributed by atoms with Gasteiger partial charge in [-0.1, -0.05) is 65.3 Å². The Balaban J connectivity index is 1.18. The molecule has 1 aliphatic rings. The fourth-order valence-corrected chi connectivity index (χ4v) is 6.06. The summed E-state index contributed by atoms with van der Waals surface area (Å²) in [6.07, 6.45) is 1.18. The van der Waals surface area contributed by atoms with Crippen molar-refractivity contribution in [1.82, 2.24) is 24.6 Å². The first-order chi connectivity index (χ1) is 19.8. The molecule has 5 rings (SSSR count). The molecular weight excluding hydrogens is 554 g/mol. The zero-order valence-corrected chi connectivity index (χ0v) is 25.2. The molecule has 0 bridgehead atoms. The van der Waals surface area contributed by atoms with Gasteiger partial charge in [-0.3, -0.25) is 14.2 Å². The minimum absolute atomic E-state index is 0.0274. The van der Waals surface area contributed by atoms with E-state index in [1.54, 1.807) is 36.0 Å². The number of hydrogen-bond donors (Lipinski definition) is 0. The zero-order valence-electron chi connectivity index (χ0n) is 23.6. The largest absolute Gasteiger partial charge is 0.339 e. The van der Waals surface area contributed by atoms with Crippen molar-refractivity contribution in [3.05, 3.63) is 94.5 Å². The highest BCUT2D eigenvalue weighted by Gasteiger charge is 2.30. The number of benzene rings is 3. The van der Waals surface area contributed by atoms with Crippen molar-refractivity contribution < 1.29 is 9.59 Å². The maximum atomic E-state index is 13.0. The molecule has 0 aliphatic carbocycles. The molecule has 9 heteroatoms. The molecule has 0 saturated carbocycles. The van der Waals surface area contributed by atoms with E-state index in [-0.39, 0.29) is 17.9 Å². The summed E-state index contributed by atoms with van der Waals surface area (Å²) in [5.41, 5.74) is 5.00. The van der Waals surface area contributed by atoms with Crippen LogP contribution in [0.15, 0.2) is 78.0 Å². The maximum absolute atomic E-state index is 13.0. The van der Waals surface area contributed by atoms with Crippen LogP contribution in [-0.2, 0) is 4.79 Å². The van der Waals surface area contributed by atoms with Crippen molar-refractivity contribution in [3.63, 3.8) is 0 Å². The van der Waals surface area contributed by atoms with Gasteiger partial charge in [0.15, 0.2) is 11.0 Å². The van der Waals surface area contributed by atoms with Gasteiger partial charge in [-0.05, 0) is 69.2 Å². The number of piperazine rings is 1. The van der Waals surface area contributed by atoms with Gasteiger partial charge < -0.3 is 9.80 Å². The SMILES string of the molecule is Cc1ccc(-c2nnc(SCCCC(=O)N3CCN(C(=O)c4ccc(Cl)cc4)C(C)C3)n2-c2cccc(C)c2)cc1. The van der Waals surface area contributed by atoms with Crippen molar-refractivity contribution in [2.45, 2.75) is 44.8 Å². The Morgan fingerprint density at radius 3 is 2.41 bits per heavy atom. The van der Waals surface area contributed by atoms with Crippen LogP contribution in [0.5, 0.6) is 0 Å². The highest BCUT2D eigenvalue weighted by Crippen LogP contribution is 2.29. The fraction of sp³-hybridized carbons (Fsp3) is 0.312. The van der Waals surface area contributed by atoms with Crippen molar-refractivity contribution in [2.75, 3.05) is 25.4 Å². The third kappa shape index (κ3) is 6.82. The van der Waals surface area contributed by atoms with E-state index in [0.717, 1.165) is 40.0 Å². The van der Waals surface area contributed by atoms with Gasteiger partial charge in [0.2, 0.25) is 5.91 Å². The lowest BCUT2D eigenvalue weighted by molar-refractivity contribution is -0.133.